The molecule has 5 aromatic rings. The molecule has 0 saturated heterocycles. The van der Waals surface area contributed by atoms with E-state index in [1.807, 2.05) is 0 Å². The van der Waals surface area contributed by atoms with E-state index in [1.165, 1.54) is 70.7 Å². The average Bonchev–Trinajstić information content (AvgIpc) is 2.94. The van der Waals surface area contributed by atoms with Crippen LogP contribution < -0.4 is 5.32 Å². The van der Waals surface area contributed by atoms with Crippen molar-refractivity contribution in [3.8, 4) is 22.3 Å². The van der Waals surface area contributed by atoms with E-state index in [0.29, 0.717) is 0 Å². The lowest BCUT2D eigenvalue weighted by Gasteiger charge is -2.22. The van der Waals surface area contributed by atoms with Crippen LogP contribution in [0.3, 0.4) is 0 Å². The van der Waals surface area contributed by atoms with Crippen LogP contribution in [0.4, 0.5) is 11.4 Å². The van der Waals surface area contributed by atoms with Gasteiger partial charge in [0.2, 0.25) is 0 Å². The molecule has 1 saturated carbocycles. The first-order valence-corrected chi connectivity index (χ1v) is 12.9. The first kappa shape index (κ1) is 21.7. The normalized spacial score (nSPS) is 14.2. The maximum Gasteiger partial charge on any atom is 0.0390 e. The molecule has 172 valence electrons. The predicted octanol–water partition coefficient (Wildman–Crippen LogP) is 9.97. The first-order valence-electron chi connectivity index (χ1n) is 12.9. The second-order valence-corrected chi connectivity index (χ2v) is 9.77. The fourth-order valence-electron chi connectivity index (χ4n) is 5.55. The highest BCUT2D eigenvalue weighted by atomic mass is 14.9. The number of rotatable bonds is 5. The molecule has 0 bridgehead atoms. The Labute approximate surface area is 208 Å². The van der Waals surface area contributed by atoms with E-state index in [1.54, 1.807) is 0 Å². The van der Waals surface area contributed by atoms with Crippen LogP contribution >= 0.6 is 0 Å². The van der Waals surface area contributed by atoms with Gasteiger partial charge in [0.15, 0.2) is 0 Å². The summed E-state index contributed by atoms with van der Waals surface area (Å²) in [6.07, 6.45) is 6.82. The summed E-state index contributed by atoms with van der Waals surface area (Å²) >= 11 is 0. The van der Waals surface area contributed by atoms with E-state index in [4.69, 9.17) is 0 Å². The average molecular weight is 454 g/mol. The molecule has 1 nitrogen and oxygen atoms in total. The molecule has 1 N–H and O–H groups in total. The van der Waals surface area contributed by atoms with Crippen LogP contribution in [0.25, 0.3) is 33.0 Å². The van der Waals surface area contributed by atoms with Gasteiger partial charge < -0.3 is 5.32 Å². The molecule has 35 heavy (non-hydrogen) atoms. The van der Waals surface area contributed by atoms with Crippen molar-refractivity contribution in [1.29, 1.82) is 0 Å². The molecule has 0 radical (unpaired) electrons. The standard InChI is InChI=1S/C34H31N/c1-3-10-25(11-4-1)26-18-20-31(21-19-26)35-32-16-9-15-28(23-32)30-22-29-14-7-8-17-33(29)34(24-30)27-12-5-2-6-13-27/h2,5-9,12-25,35H,1,3-4,10-11H2. The molecule has 1 aliphatic carbocycles. The van der Waals surface area contributed by atoms with Crippen molar-refractivity contribution < 1.29 is 0 Å². The Morgan fingerprint density at radius 3 is 2.09 bits per heavy atom. The minimum Gasteiger partial charge on any atom is -0.356 e. The van der Waals surface area contributed by atoms with Crippen molar-refractivity contribution in [2.75, 3.05) is 5.32 Å². The molecular weight excluding hydrogens is 422 g/mol. The fourth-order valence-corrected chi connectivity index (χ4v) is 5.55. The largest absolute Gasteiger partial charge is 0.356 e. The van der Waals surface area contributed by atoms with Gasteiger partial charge in [0.25, 0.3) is 0 Å². The van der Waals surface area contributed by atoms with Crippen LogP contribution in [0, 0.1) is 0 Å². The molecule has 1 aliphatic rings. The Balaban J connectivity index is 1.30. The molecule has 0 aromatic heterocycles. The highest BCUT2D eigenvalue weighted by Gasteiger charge is 2.15. The highest BCUT2D eigenvalue weighted by molar-refractivity contribution is 6.00. The molecule has 6 rings (SSSR count). The van der Waals surface area contributed by atoms with E-state index in [9.17, 15) is 0 Å². The van der Waals surface area contributed by atoms with E-state index >= 15 is 0 Å². The molecule has 0 aliphatic heterocycles. The fraction of sp³-hybridized carbons (Fsp3) is 0.176. The van der Waals surface area contributed by atoms with Crippen molar-refractivity contribution in [2.45, 2.75) is 38.0 Å². The van der Waals surface area contributed by atoms with E-state index in [2.05, 4.69) is 121 Å². The van der Waals surface area contributed by atoms with Gasteiger partial charge in [-0.1, -0.05) is 98.1 Å². The van der Waals surface area contributed by atoms with Gasteiger partial charge in [0.1, 0.15) is 0 Å². The lowest BCUT2D eigenvalue weighted by Crippen LogP contribution is -2.04. The SMILES string of the molecule is c1ccc(-c2cc(-c3cccc(Nc4ccc(C5CCCCC5)cc4)c3)cc3ccccc23)cc1. The van der Waals surface area contributed by atoms with Crippen molar-refractivity contribution in [1.82, 2.24) is 0 Å². The van der Waals surface area contributed by atoms with Crippen LogP contribution in [0.15, 0.2) is 115 Å². The van der Waals surface area contributed by atoms with Gasteiger partial charge in [0, 0.05) is 11.4 Å². The molecule has 5 aromatic carbocycles. The summed E-state index contributed by atoms with van der Waals surface area (Å²) in [5.41, 5.74) is 8.73. The Morgan fingerprint density at radius 1 is 0.514 bits per heavy atom. The summed E-state index contributed by atoms with van der Waals surface area (Å²) < 4.78 is 0. The zero-order valence-electron chi connectivity index (χ0n) is 20.1. The smallest absolute Gasteiger partial charge is 0.0390 e. The molecule has 0 amide bonds. The maximum absolute atomic E-state index is 3.63. The number of hydrogen-bond acceptors (Lipinski definition) is 1. The van der Waals surface area contributed by atoms with Gasteiger partial charge in [-0.3, -0.25) is 0 Å². The second kappa shape index (κ2) is 9.80. The lowest BCUT2D eigenvalue weighted by molar-refractivity contribution is 0.443. The van der Waals surface area contributed by atoms with Crippen molar-refractivity contribution >= 4 is 22.1 Å². The number of benzene rings is 5. The molecule has 0 spiro atoms. The van der Waals surface area contributed by atoms with E-state index < -0.39 is 0 Å². The van der Waals surface area contributed by atoms with E-state index in [0.717, 1.165) is 17.3 Å². The molecule has 0 unspecified atom stereocenters. The minimum absolute atomic E-state index is 0.743. The summed E-state index contributed by atoms with van der Waals surface area (Å²) in [5, 5.41) is 6.18. The minimum atomic E-state index is 0.743. The number of anilines is 2. The Morgan fingerprint density at radius 2 is 1.26 bits per heavy atom. The maximum atomic E-state index is 3.63. The van der Waals surface area contributed by atoms with Crippen LogP contribution in [-0.4, -0.2) is 0 Å². The summed E-state index contributed by atoms with van der Waals surface area (Å²) in [6, 6.07) is 41.9. The van der Waals surface area contributed by atoms with Crippen LogP contribution in [0.2, 0.25) is 0 Å². The van der Waals surface area contributed by atoms with Crippen LogP contribution in [0.5, 0.6) is 0 Å². The second-order valence-electron chi connectivity index (χ2n) is 9.77. The summed E-state index contributed by atoms with van der Waals surface area (Å²) in [4.78, 5) is 0. The van der Waals surface area contributed by atoms with Gasteiger partial charge >= 0.3 is 0 Å². The highest BCUT2D eigenvalue weighted by Crippen LogP contribution is 2.36. The molecule has 0 heterocycles. The van der Waals surface area contributed by atoms with Gasteiger partial charge in [0.05, 0.1) is 0 Å². The zero-order valence-corrected chi connectivity index (χ0v) is 20.1. The zero-order chi connectivity index (χ0) is 23.5. The molecule has 1 heteroatoms. The Hall–Kier alpha value is -3.84. The first-order chi connectivity index (χ1) is 17.3. The summed E-state index contributed by atoms with van der Waals surface area (Å²) in [7, 11) is 0. The van der Waals surface area contributed by atoms with Crippen LogP contribution in [0.1, 0.15) is 43.6 Å². The Bertz CT molecular complexity index is 1430. The molecular formula is C34H31N. The van der Waals surface area contributed by atoms with Crippen molar-refractivity contribution in [2.24, 2.45) is 0 Å². The number of nitrogens with one attached hydrogen (secondary N) is 1. The summed E-state index contributed by atoms with van der Waals surface area (Å²) in [5.74, 6) is 0.743. The van der Waals surface area contributed by atoms with Gasteiger partial charge in [-0.15, -0.1) is 0 Å². The van der Waals surface area contributed by atoms with E-state index in [-0.39, 0.29) is 0 Å². The molecule has 0 atom stereocenters. The third-order valence-corrected chi connectivity index (χ3v) is 7.42. The van der Waals surface area contributed by atoms with Gasteiger partial charge in [-0.05, 0) is 93.7 Å². The monoisotopic (exact) mass is 453 g/mol. The quantitative estimate of drug-likeness (QED) is 0.279. The molecule has 1 fully saturated rings. The van der Waals surface area contributed by atoms with Gasteiger partial charge in [-0.25, -0.2) is 0 Å². The number of hydrogen-bond donors (Lipinski definition) is 1. The lowest BCUT2D eigenvalue weighted by atomic mass is 9.84. The summed E-state index contributed by atoms with van der Waals surface area (Å²) in [6.45, 7) is 0. The predicted molar refractivity (Wildman–Crippen MR) is 150 cm³/mol. The topological polar surface area (TPSA) is 12.0 Å². The number of fused-ring (bicyclic) bond motifs is 1. The van der Waals surface area contributed by atoms with Crippen LogP contribution in [-0.2, 0) is 0 Å². The third kappa shape index (κ3) is 4.72. The van der Waals surface area contributed by atoms with Gasteiger partial charge in [-0.2, -0.15) is 0 Å². The third-order valence-electron chi connectivity index (χ3n) is 7.42. The van der Waals surface area contributed by atoms with Crippen molar-refractivity contribution in [3.05, 3.63) is 121 Å². The van der Waals surface area contributed by atoms with Crippen molar-refractivity contribution in [3.63, 3.8) is 0 Å². The Kier molecular flexibility index (Phi) is 6.07.